The lowest BCUT2D eigenvalue weighted by atomic mass is 10.1. The molecule has 0 saturated carbocycles. The first-order valence-corrected chi connectivity index (χ1v) is 6.53. The second-order valence-corrected chi connectivity index (χ2v) is 4.81. The number of nitrogens with one attached hydrogen (secondary N) is 3. The van der Waals surface area contributed by atoms with Crippen LogP contribution in [0.3, 0.4) is 0 Å². The Morgan fingerprint density at radius 1 is 1.48 bits per heavy atom. The number of carbonyl (C=O) groups is 2. The maximum Gasteiger partial charge on any atom is 0.271 e. The van der Waals surface area contributed by atoms with E-state index in [9.17, 15) is 19.7 Å². The second-order valence-electron chi connectivity index (χ2n) is 4.81. The third kappa shape index (κ3) is 3.76. The van der Waals surface area contributed by atoms with E-state index >= 15 is 0 Å². The lowest BCUT2D eigenvalue weighted by Gasteiger charge is -2.23. The molecule has 1 aromatic rings. The van der Waals surface area contributed by atoms with E-state index in [1.165, 1.54) is 12.1 Å². The topological polar surface area (TPSA) is 113 Å². The van der Waals surface area contributed by atoms with Gasteiger partial charge in [-0.3, -0.25) is 19.7 Å². The van der Waals surface area contributed by atoms with Crippen LogP contribution in [0.2, 0.25) is 0 Å². The van der Waals surface area contributed by atoms with Crippen molar-refractivity contribution in [3.63, 3.8) is 0 Å². The van der Waals surface area contributed by atoms with Crippen LogP contribution in [0.15, 0.2) is 18.2 Å². The number of anilines is 1. The van der Waals surface area contributed by atoms with Gasteiger partial charge in [0.1, 0.15) is 0 Å². The van der Waals surface area contributed by atoms with E-state index in [0.717, 1.165) is 5.56 Å². The van der Waals surface area contributed by atoms with Crippen molar-refractivity contribution in [2.45, 2.75) is 19.4 Å². The summed E-state index contributed by atoms with van der Waals surface area (Å²) in [4.78, 5) is 33.7. The van der Waals surface area contributed by atoms with Crippen LogP contribution < -0.4 is 16.0 Å². The predicted octanol–water partition coefficient (Wildman–Crippen LogP) is 0.320. The molecule has 1 saturated heterocycles. The summed E-state index contributed by atoms with van der Waals surface area (Å²) in [5, 5.41) is 19.0. The Kier molecular flexibility index (Phi) is 4.49. The summed E-state index contributed by atoms with van der Waals surface area (Å²) in [6.45, 7) is 2.89. The van der Waals surface area contributed by atoms with Crippen LogP contribution in [0.25, 0.3) is 0 Å². The number of benzene rings is 1. The Morgan fingerprint density at radius 3 is 2.90 bits per heavy atom. The molecular formula is C13H16N4O4. The number of hydrogen-bond acceptors (Lipinski definition) is 5. The molecule has 1 aliphatic heterocycles. The van der Waals surface area contributed by atoms with Gasteiger partial charge in [-0.1, -0.05) is 6.07 Å². The summed E-state index contributed by atoms with van der Waals surface area (Å²) >= 11 is 0. The van der Waals surface area contributed by atoms with E-state index in [1.807, 2.05) is 0 Å². The minimum absolute atomic E-state index is 0.0199. The molecule has 2 rings (SSSR count). The first-order valence-electron chi connectivity index (χ1n) is 6.53. The molecular weight excluding hydrogens is 276 g/mol. The van der Waals surface area contributed by atoms with E-state index in [1.54, 1.807) is 13.0 Å². The number of nitro groups is 1. The molecule has 112 valence electrons. The molecule has 1 fully saturated rings. The van der Waals surface area contributed by atoms with Gasteiger partial charge in [-0.15, -0.1) is 0 Å². The minimum atomic E-state index is -0.572. The molecule has 8 heteroatoms. The fraction of sp³-hybridized carbons (Fsp3) is 0.385. The van der Waals surface area contributed by atoms with E-state index in [0.29, 0.717) is 18.8 Å². The number of nitro benzene ring substituents is 1. The monoisotopic (exact) mass is 292 g/mol. The van der Waals surface area contributed by atoms with Gasteiger partial charge >= 0.3 is 0 Å². The molecule has 0 bridgehead atoms. The van der Waals surface area contributed by atoms with Gasteiger partial charge in [0.15, 0.2) is 0 Å². The maximum absolute atomic E-state index is 12.0. The van der Waals surface area contributed by atoms with E-state index < -0.39 is 11.0 Å². The van der Waals surface area contributed by atoms with Crippen LogP contribution in [0.5, 0.6) is 0 Å². The molecule has 3 N–H and O–H groups in total. The van der Waals surface area contributed by atoms with Crippen LogP contribution in [-0.4, -0.2) is 35.9 Å². The highest BCUT2D eigenvalue weighted by Gasteiger charge is 2.24. The van der Waals surface area contributed by atoms with Crippen LogP contribution >= 0.6 is 0 Å². The average Bonchev–Trinajstić information content (AvgIpc) is 2.43. The Bertz CT molecular complexity index is 588. The summed E-state index contributed by atoms with van der Waals surface area (Å²) in [7, 11) is 0. The van der Waals surface area contributed by atoms with Crippen molar-refractivity contribution < 1.29 is 14.5 Å². The maximum atomic E-state index is 12.0. The smallest absolute Gasteiger partial charge is 0.271 e. The SMILES string of the molecule is Cc1ccc([N+](=O)[O-])cc1NC(=O)C[C@@H]1NCCNC1=O. The Labute approximate surface area is 121 Å². The highest BCUT2D eigenvalue weighted by Crippen LogP contribution is 2.22. The van der Waals surface area contributed by atoms with Gasteiger partial charge < -0.3 is 16.0 Å². The molecule has 0 spiro atoms. The highest BCUT2D eigenvalue weighted by molar-refractivity contribution is 5.96. The lowest BCUT2D eigenvalue weighted by molar-refractivity contribution is -0.384. The molecule has 0 unspecified atom stereocenters. The number of aryl methyl sites for hydroxylation is 1. The van der Waals surface area contributed by atoms with Gasteiger partial charge in [0.25, 0.3) is 5.69 Å². The van der Waals surface area contributed by atoms with Crippen LogP contribution in [0.4, 0.5) is 11.4 Å². The first-order chi connectivity index (χ1) is 9.97. The van der Waals surface area contributed by atoms with Gasteiger partial charge in [0.05, 0.1) is 23.1 Å². The van der Waals surface area contributed by atoms with Crippen LogP contribution in [0, 0.1) is 17.0 Å². The van der Waals surface area contributed by atoms with Crippen molar-refractivity contribution in [1.29, 1.82) is 0 Å². The first kappa shape index (κ1) is 14.9. The largest absolute Gasteiger partial charge is 0.353 e. The highest BCUT2D eigenvalue weighted by atomic mass is 16.6. The fourth-order valence-corrected chi connectivity index (χ4v) is 2.06. The third-order valence-electron chi connectivity index (χ3n) is 3.23. The van der Waals surface area contributed by atoms with Gasteiger partial charge in [0, 0.05) is 25.2 Å². The molecule has 0 aromatic heterocycles. The van der Waals surface area contributed by atoms with Crippen molar-refractivity contribution in [2.24, 2.45) is 0 Å². The van der Waals surface area contributed by atoms with Crippen molar-refractivity contribution >= 4 is 23.2 Å². The normalized spacial score (nSPS) is 18.0. The number of non-ortho nitro benzene ring substituents is 1. The average molecular weight is 292 g/mol. The van der Waals surface area contributed by atoms with E-state index in [4.69, 9.17) is 0 Å². The summed E-state index contributed by atoms with van der Waals surface area (Å²) in [5.41, 5.74) is 1.00. The Balaban J connectivity index is 2.03. The van der Waals surface area contributed by atoms with Gasteiger partial charge in [-0.05, 0) is 12.5 Å². The summed E-state index contributed by atoms with van der Waals surface area (Å²) < 4.78 is 0. The molecule has 1 atom stereocenters. The van der Waals surface area contributed by atoms with Crippen LogP contribution in [-0.2, 0) is 9.59 Å². The minimum Gasteiger partial charge on any atom is -0.353 e. The number of hydrogen-bond donors (Lipinski definition) is 3. The zero-order chi connectivity index (χ0) is 15.4. The number of nitrogens with zero attached hydrogens (tertiary/aromatic N) is 1. The third-order valence-corrected chi connectivity index (χ3v) is 3.23. The van der Waals surface area contributed by atoms with Gasteiger partial charge in [0.2, 0.25) is 11.8 Å². The van der Waals surface area contributed by atoms with Crippen molar-refractivity contribution in [3.8, 4) is 0 Å². The molecule has 21 heavy (non-hydrogen) atoms. The lowest BCUT2D eigenvalue weighted by Crippen LogP contribution is -2.53. The Morgan fingerprint density at radius 2 is 2.24 bits per heavy atom. The summed E-state index contributed by atoms with van der Waals surface area (Å²) in [6.07, 6.45) is -0.0199. The van der Waals surface area contributed by atoms with E-state index in [2.05, 4.69) is 16.0 Å². The molecule has 0 aliphatic carbocycles. The number of piperazine rings is 1. The predicted molar refractivity (Wildman–Crippen MR) is 75.9 cm³/mol. The fourth-order valence-electron chi connectivity index (χ4n) is 2.06. The molecule has 2 amide bonds. The number of carbonyl (C=O) groups excluding carboxylic acids is 2. The number of amides is 2. The molecule has 1 aliphatic rings. The quantitative estimate of drug-likeness (QED) is 0.546. The molecule has 8 nitrogen and oxygen atoms in total. The summed E-state index contributed by atoms with van der Waals surface area (Å²) in [6, 6.07) is 3.68. The molecule has 1 aromatic carbocycles. The van der Waals surface area contributed by atoms with Crippen molar-refractivity contribution in [3.05, 3.63) is 33.9 Å². The standard InChI is InChI=1S/C13H16N4O4/c1-8-2-3-9(17(20)21)6-10(8)16-12(18)7-11-13(19)15-5-4-14-11/h2-3,6,11,14H,4-5,7H2,1H3,(H,15,19)(H,16,18)/t11-/m0/s1. The Hall–Kier alpha value is -2.48. The molecule has 1 heterocycles. The van der Waals surface area contributed by atoms with Crippen molar-refractivity contribution in [1.82, 2.24) is 10.6 Å². The van der Waals surface area contributed by atoms with Crippen molar-refractivity contribution in [2.75, 3.05) is 18.4 Å². The van der Waals surface area contributed by atoms with Crippen LogP contribution in [0.1, 0.15) is 12.0 Å². The second kappa shape index (κ2) is 6.31. The zero-order valence-corrected chi connectivity index (χ0v) is 11.5. The number of rotatable bonds is 4. The summed E-state index contributed by atoms with van der Waals surface area (Å²) in [5.74, 6) is -0.583. The van der Waals surface area contributed by atoms with Gasteiger partial charge in [-0.2, -0.15) is 0 Å². The van der Waals surface area contributed by atoms with E-state index in [-0.39, 0.29) is 23.9 Å². The molecule has 0 radical (unpaired) electrons. The van der Waals surface area contributed by atoms with Gasteiger partial charge in [-0.25, -0.2) is 0 Å². The zero-order valence-electron chi connectivity index (χ0n) is 11.5.